The minimum absolute atomic E-state index is 0.0451. The Morgan fingerprint density at radius 2 is 2.00 bits per heavy atom. The first-order valence-electron chi connectivity index (χ1n) is 9.38. The molecule has 2 aromatic rings. The second-order valence-corrected chi connectivity index (χ2v) is 7.37. The van der Waals surface area contributed by atoms with E-state index in [1.54, 1.807) is 12.3 Å². The smallest absolute Gasteiger partial charge is 0.255 e. The van der Waals surface area contributed by atoms with E-state index in [2.05, 4.69) is 35.0 Å². The largest absolute Gasteiger partial charge is 0.336 e. The summed E-state index contributed by atoms with van der Waals surface area (Å²) in [5.74, 6) is 0.460. The number of amides is 1. The molecule has 3 rings (SSSR count). The molecule has 0 radical (unpaired) electrons. The van der Waals surface area contributed by atoms with Gasteiger partial charge in [-0.3, -0.25) is 9.69 Å². The van der Waals surface area contributed by atoms with Crippen LogP contribution in [0, 0.1) is 17.2 Å². The lowest BCUT2D eigenvalue weighted by Gasteiger charge is -2.34. The van der Waals surface area contributed by atoms with E-state index < -0.39 is 0 Å². The fourth-order valence-electron chi connectivity index (χ4n) is 3.39. The Hall–Kier alpha value is -2.78. The van der Waals surface area contributed by atoms with Crippen molar-refractivity contribution >= 4 is 5.91 Å². The molecule has 1 fully saturated rings. The van der Waals surface area contributed by atoms with Gasteiger partial charge in [-0.2, -0.15) is 15.5 Å². The van der Waals surface area contributed by atoms with E-state index in [1.807, 2.05) is 29.2 Å². The first-order chi connectivity index (χ1) is 13.1. The van der Waals surface area contributed by atoms with Gasteiger partial charge in [0.15, 0.2) is 0 Å². The van der Waals surface area contributed by atoms with E-state index in [0.717, 1.165) is 37.3 Å². The van der Waals surface area contributed by atoms with Crippen LogP contribution in [-0.4, -0.2) is 52.1 Å². The molecule has 0 atom stereocenters. The topological polar surface area (TPSA) is 73.1 Å². The number of nitrogens with zero attached hydrogens (tertiary/aromatic N) is 5. The standard InChI is InChI=1S/C21H25N5O/c1-16(2)12-17-5-6-18(14-22)20(13-17)21(27)26-10-8-25(9-11-26)15-19-4-3-7-23-24-19/h3-7,13,16H,8-12,15H2,1-2H3. The summed E-state index contributed by atoms with van der Waals surface area (Å²) in [6.07, 6.45) is 2.57. The Labute approximate surface area is 160 Å². The molecule has 1 aliphatic heterocycles. The molecule has 6 heteroatoms. The van der Waals surface area contributed by atoms with E-state index in [9.17, 15) is 10.1 Å². The van der Waals surface area contributed by atoms with E-state index in [0.29, 0.717) is 30.1 Å². The molecule has 6 nitrogen and oxygen atoms in total. The van der Waals surface area contributed by atoms with Crippen LogP contribution in [-0.2, 0) is 13.0 Å². The number of aromatic nitrogens is 2. The summed E-state index contributed by atoms with van der Waals surface area (Å²) in [5.41, 5.74) is 3.02. The Kier molecular flexibility index (Phi) is 6.15. The van der Waals surface area contributed by atoms with Gasteiger partial charge in [-0.15, -0.1) is 0 Å². The highest BCUT2D eigenvalue weighted by atomic mass is 16.2. The van der Waals surface area contributed by atoms with Crippen LogP contribution < -0.4 is 0 Å². The molecule has 0 N–H and O–H groups in total. The zero-order valence-corrected chi connectivity index (χ0v) is 15.9. The lowest BCUT2D eigenvalue weighted by molar-refractivity contribution is 0.0626. The molecular weight excluding hydrogens is 338 g/mol. The SMILES string of the molecule is CC(C)Cc1ccc(C#N)c(C(=O)N2CCN(Cc3cccnn3)CC2)c1. The first kappa shape index (κ1) is 19.0. The molecule has 0 bridgehead atoms. The van der Waals surface area contributed by atoms with Gasteiger partial charge in [-0.25, -0.2) is 0 Å². The van der Waals surface area contributed by atoms with Gasteiger partial charge < -0.3 is 4.90 Å². The molecule has 0 saturated carbocycles. The maximum Gasteiger partial charge on any atom is 0.255 e. The van der Waals surface area contributed by atoms with Crippen LogP contribution in [0.1, 0.15) is 41.0 Å². The van der Waals surface area contributed by atoms with Gasteiger partial charge in [0, 0.05) is 38.9 Å². The van der Waals surface area contributed by atoms with Crippen LogP contribution >= 0.6 is 0 Å². The monoisotopic (exact) mass is 363 g/mol. The number of benzene rings is 1. The van der Waals surface area contributed by atoms with Crippen LogP contribution in [0.15, 0.2) is 36.5 Å². The molecular formula is C21H25N5O. The third-order valence-corrected chi connectivity index (χ3v) is 4.75. The molecule has 1 amide bonds. The van der Waals surface area contributed by atoms with Crippen LogP contribution in [0.2, 0.25) is 0 Å². The Balaban J connectivity index is 1.66. The summed E-state index contributed by atoms with van der Waals surface area (Å²) in [6.45, 7) is 7.91. The number of rotatable bonds is 5. The van der Waals surface area contributed by atoms with Crippen molar-refractivity contribution < 1.29 is 4.79 Å². The van der Waals surface area contributed by atoms with Crippen molar-refractivity contribution in [2.24, 2.45) is 5.92 Å². The highest BCUT2D eigenvalue weighted by Crippen LogP contribution is 2.18. The fourth-order valence-corrected chi connectivity index (χ4v) is 3.39. The van der Waals surface area contributed by atoms with E-state index in [4.69, 9.17) is 0 Å². The molecule has 27 heavy (non-hydrogen) atoms. The maximum absolute atomic E-state index is 13.0. The van der Waals surface area contributed by atoms with Crippen LogP contribution in [0.25, 0.3) is 0 Å². The summed E-state index contributed by atoms with van der Waals surface area (Å²) in [6, 6.07) is 11.6. The molecule has 1 aliphatic rings. The lowest BCUT2D eigenvalue weighted by atomic mass is 9.97. The summed E-state index contributed by atoms with van der Waals surface area (Å²) < 4.78 is 0. The highest BCUT2D eigenvalue weighted by Gasteiger charge is 2.24. The zero-order valence-electron chi connectivity index (χ0n) is 15.9. The third-order valence-electron chi connectivity index (χ3n) is 4.75. The van der Waals surface area contributed by atoms with E-state index in [1.165, 1.54) is 0 Å². The number of piperazine rings is 1. The van der Waals surface area contributed by atoms with Crippen molar-refractivity contribution in [1.82, 2.24) is 20.0 Å². The van der Waals surface area contributed by atoms with Crippen molar-refractivity contribution in [3.05, 3.63) is 58.9 Å². The summed E-state index contributed by atoms with van der Waals surface area (Å²) in [7, 11) is 0. The summed E-state index contributed by atoms with van der Waals surface area (Å²) in [4.78, 5) is 17.1. The Morgan fingerprint density at radius 1 is 1.22 bits per heavy atom. The van der Waals surface area contributed by atoms with E-state index in [-0.39, 0.29) is 5.91 Å². The quantitative estimate of drug-likeness (QED) is 0.816. The van der Waals surface area contributed by atoms with Crippen molar-refractivity contribution in [3.8, 4) is 6.07 Å². The molecule has 0 spiro atoms. The Morgan fingerprint density at radius 3 is 2.63 bits per heavy atom. The number of carbonyl (C=O) groups excluding carboxylic acids is 1. The van der Waals surface area contributed by atoms with Crippen LogP contribution in [0.3, 0.4) is 0 Å². The molecule has 0 aliphatic carbocycles. The number of carbonyl (C=O) groups is 1. The van der Waals surface area contributed by atoms with Gasteiger partial charge in [0.25, 0.3) is 5.91 Å². The predicted molar refractivity (Wildman–Crippen MR) is 103 cm³/mol. The molecule has 0 unspecified atom stereocenters. The molecule has 1 aromatic heterocycles. The van der Waals surface area contributed by atoms with Gasteiger partial charge in [0.2, 0.25) is 0 Å². The third kappa shape index (κ3) is 4.89. The predicted octanol–water partition coefficient (Wildman–Crippen LogP) is 2.50. The molecule has 1 aromatic carbocycles. The van der Waals surface area contributed by atoms with Gasteiger partial charge >= 0.3 is 0 Å². The van der Waals surface area contributed by atoms with Crippen molar-refractivity contribution in [2.45, 2.75) is 26.8 Å². The van der Waals surface area contributed by atoms with Crippen molar-refractivity contribution in [1.29, 1.82) is 5.26 Å². The minimum atomic E-state index is -0.0451. The molecule has 1 saturated heterocycles. The number of hydrogen-bond acceptors (Lipinski definition) is 5. The molecule has 2 heterocycles. The lowest BCUT2D eigenvalue weighted by Crippen LogP contribution is -2.48. The van der Waals surface area contributed by atoms with Crippen molar-refractivity contribution in [3.63, 3.8) is 0 Å². The van der Waals surface area contributed by atoms with Gasteiger partial charge in [-0.1, -0.05) is 19.9 Å². The average Bonchev–Trinajstić information content (AvgIpc) is 2.68. The average molecular weight is 363 g/mol. The fraction of sp³-hybridized carbons (Fsp3) is 0.429. The maximum atomic E-state index is 13.0. The normalized spacial score (nSPS) is 15.0. The van der Waals surface area contributed by atoms with Crippen molar-refractivity contribution in [2.75, 3.05) is 26.2 Å². The summed E-state index contributed by atoms with van der Waals surface area (Å²) in [5, 5.41) is 17.4. The van der Waals surface area contributed by atoms with E-state index >= 15 is 0 Å². The minimum Gasteiger partial charge on any atom is -0.336 e. The summed E-state index contributed by atoms with van der Waals surface area (Å²) >= 11 is 0. The van der Waals surface area contributed by atoms with Crippen LogP contribution in [0.4, 0.5) is 0 Å². The second-order valence-electron chi connectivity index (χ2n) is 7.37. The second kappa shape index (κ2) is 8.74. The Bertz CT molecular complexity index is 820. The number of hydrogen-bond donors (Lipinski definition) is 0. The highest BCUT2D eigenvalue weighted by molar-refractivity contribution is 5.97. The first-order valence-corrected chi connectivity index (χ1v) is 9.38. The zero-order chi connectivity index (χ0) is 19.2. The van der Waals surface area contributed by atoms with Crippen LogP contribution in [0.5, 0.6) is 0 Å². The van der Waals surface area contributed by atoms with Gasteiger partial charge in [0.05, 0.1) is 22.9 Å². The van der Waals surface area contributed by atoms with Gasteiger partial charge in [-0.05, 0) is 42.2 Å². The molecule has 140 valence electrons. The van der Waals surface area contributed by atoms with Gasteiger partial charge in [0.1, 0.15) is 0 Å². The number of nitriles is 1.